The zero-order valence-corrected chi connectivity index (χ0v) is 12.6. The Kier molecular flexibility index (Phi) is 3.27. The Bertz CT molecular complexity index is 674. The van der Waals surface area contributed by atoms with Gasteiger partial charge in [0.25, 0.3) is 0 Å². The highest BCUT2D eigenvalue weighted by atomic mass is 79.9. The number of benzene rings is 2. The van der Waals surface area contributed by atoms with Gasteiger partial charge in [0, 0.05) is 10.0 Å². The first-order valence-corrected chi connectivity index (χ1v) is 7.31. The molecular weight excluding hydrogens is 356 g/mol. The second-order valence-corrected chi connectivity index (χ2v) is 5.87. The maximum Gasteiger partial charge on any atom is 0.0949 e. The summed E-state index contributed by atoms with van der Waals surface area (Å²) in [7, 11) is 0. The minimum atomic E-state index is 0.147. The summed E-state index contributed by atoms with van der Waals surface area (Å²) >= 11 is 7.34. The summed E-state index contributed by atoms with van der Waals surface area (Å²) in [6.45, 7) is 0. The Balaban J connectivity index is 2.21. The van der Waals surface area contributed by atoms with Crippen LogP contribution in [0.2, 0.25) is 0 Å². The van der Waals surface area contributed by atoms with E-state index in [4.69, 9.17) is 4.42 Å². The molecule has 0 N–H and O–H groups in total. The van der Waals surface area contributed by atoms with Crippen molar-refractivity contribution in [3.05, 3.63) is 70.6 Å². The fourth-order valence-corrected chi connectivity index (χ4v) is 3.24. The van der Waals surface area contributed by atoms with Crippen molar-refractivity contribution >= 4 is 42.6 Å². The number of halogens is 2. The van der Waals surface area contributed by atoms with Crippen LogP contribution in [0.25, 0.3) is 10.8 Å². The lowest BCUT2D eigenvalue weighted by Gasteiger charge is -2.12. The van der Waals surface area contributed by atoms with Crippen LogP contribution in [0, 0.1) is 0 Å². The van der Waals surface area contributed by atoms with Crippen LogP contribution in [0.3, 0.4) is 0 Å². The summed E-state index contributed by atoms with van der Waals surface area (Å²) in [6.07, 6.45) is 3.47. The lowest BCUT2D eigenvalue weighted by Crippen LogP contribution is -1.92. The molecule has 2 aromatic carbocycles. The topological polar surface area (TPSA) is 13.1 Å². The zero-order valence-electron chi connectivity index (χ0n) is 9.44. The molecule has 1 nitrogen and oxygen atoms in total. The van der Waals surface area contributed by atoms with Crippen LogP contribution >= 0.6 is 31.9 Å². The van der Waals surface area contributed by atoms with E-state index in [9.17, 15) is 0 Å². The Morgan fingerprint density at radius 1 is 0.944 bits per heavy atom. The summed E-state index contributed by atoms with van der Waals surface area (Å²) in [4.78, 5) is 0.147. The third-order valence-corrected chi connectivity index (χ3v) is 4.73. The molecule has 90 valence electrons. The molecule has 0 aliphatic heterocycles. The first-order chi connectivity index (χ1) is 8.77. The third kappa shape index (κ3) is 2.02. The van der Waals surface area contributed by atoms with Gasteiger partial charge in [0.2, 0.25) is 0 Å². The van der Waals surface area contributed by atoms with Gasteiger partial charge >= 0.3 is 0 Å². The lowest BCUT2D eigenvalue weighted by molar-refractivity contribution is 0.564. The second kappa shape index (κ2) is 4.90. The maximum atomic E-state index is 5.15. The molecule has 3 heteroatoms. The number of rotatable bonds is 2. The molecule has 0 aliphatic carbocycles. The minimum absolute atomic E-state index is 0.147. The van der Waals surface area contributed by atoms with E-state index in [1.165, 1.54) is 16.3 Å². The standard InChI is InChI=1S/C15H10Br2O/c16-14-6-5-13(11-3-1-2-4-12(11)14)15(17)10-7-8-18-9-10/h1-9,15H. The average molecular weight is 366 g/mol. The average Bonchev–Trinajstić information content (AvgIpc) is 2.93. The first-order valence-electron chi connectivity index (χ1n) is 5.60. The van der Waals surface area contributed by atoms with Crippen LogP contribution in [-0.4, -0.2) is 0 Å². The molecule has 1 unspecified atom stereocenters. The molecule has 1 atom stereocenters. The molecule has 0 saturated carbocycles. The van der Waals surface area contributed by atoms with Crippen LogP contribution < -0.4 is 0 Å². The fraction of sp³-hybridized carbons (Fsp3) is 0.0667. The molecule has 1 heterocycles. The molecule has 0 amide bonds. The van der Waals surface area contributed by atoms with Gasteiger partial charge in [0.05, 0.1) is 17.4 Å². The Morgan fingerprint density at radius 2 is 1.72 bits per heavy atom. The number of furan rings is 1. The molecule has 0 fully saturated rings. The van der Waals surface area contributed by atoms with Gasteiger partial charge in [-0.05, 0) is 28.5 Å². The van der Waals surface area contributed by atoms with Crippen molar-refractivity contribution < 1.29 is 4.42 Å². The lowest BCUT2D eigenvalue weighted by atomic mass is 10.00. The highest BCUT2D eigenvalue weighted by molar-refractivity contribution is 9.10. The second-order valence-electron chi connectivity index (χ2n) is 4.10. The van der Waals surface area contributed by atoms with Gasteiger partial charge < -0.3 is 4.42 Å². The van der Waals surface area contributed by atoms with Crippen molar-refractivity contribution in [2.45, 2.75) is 4.83 Å². The van der Waals surface area contributed by atoms with Crippen molar-refractivity contribution in [3.8, 4) is 0 Å². The van der Waals surface area contributed by atoms with Crippen molar-refractivity contribution in [2.24, 2.45) is 0 Å². The molecular formula is C15H10Br2O. The van der Waals surface area contributed by atoms with Gasteiger partial charge in [-0.25, -0.2) is 0 Å². The monoisotopic (exact) mass is 364 g/mol. The van der Waals surface area contributed by atoms with Crippen LogP contribution in [0.15, 0.2) is 63.9 Å². The van der Waals surface area contributed by atoms with Crippen LogP contribution in [0.1, 0.15) is 16.0 Å². The highest BCUT2D eigenvalue weighted by Gasteiger charge is 2.15. The summed E-state index contributed by atoms with van der Waals surface area (Å²) in [5.74, 6) is 0. The minimum Gasteiger partial charge on any atom is -0.472 e. The Morgan fingerprint density at radius 3 is 2.44 bits per heavy atom. The number of fused-ring (bicyclic) bond motifs is 1. The van der Waals surface area contributed by atoms with Crippen molar-refractivity contribution in [1.29, 1.82) is 0 Å². The van der Waals surface area contributed by atoms with Gasteiger partial charge in [-0.1, -0.05) is 62.2 Å². The van der Waals surface area contributed by atoms with Gasteiger partial charge in [0.15, 0.2) is 0 Å². The van der Waals surface area contributed by atoms with Crippen molar-refractivity contribution in [1.82, 2.24) is 0 Å². The number of hydrogen-bond donors (Lipinski definition) is 0. The normalized spacial score (nSPS) is 12.8. The highest BCUT2D eigenvalue weighted by Crippen LogP contribution is 2.37. The summed E-state index contributed by atoms with van der Waals surface area (Å²) in [5, 5.41) is 2.47. The van der Waals surface area contributed by atoms with Crippen LogP contribution in [0.4, 0.5) is 0 Å². The molecule has 0 saturated heterocycles. The van der Waals surface area contributed by atoms with E-state index >= 15 is 0 Å². The third-order valence-electron chi connectivity index (χ3n) is 3.01. The van der Waals surface area contributed by atoms with Crippen molar-refractivity contribution in [3.63, 3.8) is 0 Å². The smallest absolute Gasteiger partial charge is 0.0949 e. The van der Waals surface area contributed by atoms with Gasteiger partial charge in [0.1, 0.15) is 0 Å². The molecule has 0 aliphatic rings. The molecule has 18 heavy (non-hydrogen) atoms. The van der Waals surface area contributed by atoms with E-state index in [0.717, 1.165) is 10.0 Å². The zero-order chi connectivity index (χ0) is 12.5. The van der Waals surface area contributed by atoms with E-state index in [-0.39, 0.29) is 4.83 Å². The quantitative estimate of drug-likeness (QED) is 0.532. The summed E-state index contributed by atoms with van der Waals surface area (Å²) in [6, 6.07) is 14.6. The Hall–Kier alpha value is -1.06. The van der Waals surface area contributed by atoms with E-state index in [0.29, 0.717) is 0 Å². The fourth-order valence-electron chi connectivity index (χ4n) is 2.11. The molecule has 1 aromatic heterocycles. The predicted octanol–water partition coefficient (Wildman–Crippen LogP) is 5.68. The van der Waals surface area contributed by atoms with Gasteiger partial charge in [-0.2, -0.15) is 0 Å². The molecule has 0 bridgehead atoms. The molecule has 0 radical (unpaired) electrons. The first kappa shape index (κ1) is 12.0. The molecule has 0 spiro atoms. The predicted molar refractivity (Wildman–Crippen MR) is 81.1 cm³/mol. The van der Waals surface area contributed by atoms with Gasteiger partial charge in [-0.15, -0.1) is 0 Å². The van der Waals surface area contributed by atoms with Crippen LogP contribution in [-0.2, 0) is 0 Å². The van der Waals surface area contributed by atoms with E-state index in [2.05, 4.69) is 68.3 Å². The number of hydrogen-bond acceptors (Lipinski definition) is 1. The van der Waals surface area contributed by atoms with E-state index in [1.54, 1.807) is 12.5 Å². The largest absolute Gasteiger partial charge is 0.472 e. The number of alkyl halides is 1. The van der Waals surface area contributed by atoms with Gasteiger partial charge in [-0.3, -0.25) is 0 Å². The molecule has 3 rings (SSSR count). The maximum absolute atomic E-state index is 5.15. The molecule has 3 aromatic rings. The summed E-state index contributed by atoms with van der Waals surface area (Å²) in [5.41, 5.74) is 2.37. The Labute approximate surface area is 122 Å². The van der Waals surface area contributed by atoms with Crippen LogP contribution in [0.5, 0.6) is 0 Å². The SMILES string of the molecule is Brc1ccc(C(Br)c2ccoc2)c2ccccc12. The van der Waals surface area contributed by atoms with Crippen molar-refractivity contribution in [2.75, 3.05) is 0 Å². The van der Waals surface area contributed by atoms with E-state index < -0.39 is 0 Å². The summed E-state index contributed by atoms with van der Waals surface area (Å²) < 4.78 is 6.27. The van der Waals surface area contributed by atoms with E-state index in [1.807, 2.05) is 6.07 Å².